The summed E-state index contributed by atoms with van der Waals surface area (Å²) >= 11 is 3.42. The monoisotopic (exact) mass is 298 g/mol. The molecular weight excluding hydrogens is 280 g/mol. The molecule has 0 radical (unpaired) electrons. The summed E-state index contributed by atoms with van der Waals surface area (Å²) in [6.07, 6.45) is 0.877. The molecule has 1 rings (SSSR count). The first-order valence-electron chi connectivity index (χ1n) is 5.80. The topological polar surface area (TPSA) is 55.1 Å². The minimum absolute atomic E-state index is 0.0305. The third-order valence-electron chi connectivity index (χ3n) is 2.91. The van der Waals surface area contributed by atoms with Crippen molar-refractivity contribution < 1.29 is 4.79 Å². The summed E-state index contributed by atoms with van der Waals surface area (Å²) in [5.41, 5.74) is 7.70. The van der Waals surface area contributed by atoms with Crippen molar-refractivity contribution >= 4 is 27.5 Å². The summed E-state index contributed by atoms with van der Waals surface area (Å²) in [5.74, 6) is -0.222. The average Bonchev–Trinajstić information content (AvgIpc) is 2.30. The van der Waals surface area contributed by atoms with E-state index in [9.17, 15) is 4.79 Å². The molecule has 0 saturated carbocycles. The minimum Gasteiger partial charge on any atom is -0.327 e. The van der Waals surface area contributed by atoms with Gasteiger partial charge in [-0.3, -0.25) is 4.79 Å². The normalized spacial score (nSPS) is 14.2. The van der Waals surface area contributed by atoms with E-state index in [4.69, 9.17) is 5.73 Å². The van der Waals surface area contributed by atoms with Crippen LogP contribution in [0.2, 0.25) is 0 Å². The van der Waals surface area contributed by atoms with Crippen molar-refractivity contribution in [2.24, 2.45) is 11.7 Å². The Morgan fingerprint density at radius 1 is 1.47 bits per heavy atom. The van der Waals surface area contributed by atoms with E-state index in [0.717, 1.165) is 22.1 Å². The molecule has 0 aliphatic heterocycles. The number of halogens is 1. The zero-order chi connectivity index (χ0) is 13.0. The standard InChI is InChI=1S/C13H19BrN2O/c1-4-10-7-11(14)5-6-12(10)16-13(17)8(2)9(3)15/h5-9H,4,15H2,1-3H3,(H,16,17). The van der Waals surface area contributed by atoms with E-state index < -0.39 is 0 Å². The molecule has 17 heavy (non-hydrogen) atoms. The lowest BCUT2D eigenvalue weighted by Crippen LogP contribution is -2.34. The Morgan fingerprint density at radius 2 is 2.12 bits per heavy atom. The van der Waals surface area contributed by atoms with Crippen LogP contribution in [0.5, 0.6) is 0 Å². The van der Waals surface area contributed by atoms with Crippen LogP contribution in [0.25, 0.3) is 0 Å². The fraction of sp³-hybridized carbons (Fsp3) is 0.462. The lowest BCUT2D eigenvalue weighted by atomic mass is 10.0. The van der Waals surface area contributed by atoms with E-state index in [-0.39, 0.29) is 17.9 Å². The fourth-order valence-electron chi connectivity index (χ4n) is 1.46. The Bertz CT molecular complexity index is 404. The van der Waals surface area contributed by atoms with E-state index in [1.165, 1.54) is 0 Å². The molecule has 4 heteroatoms. The van der Waals surface area contributed by atoms with Gasteiger partial charge in [0.1, 0.15) is 0 Å². The lowest BCUT2D eigenvalue weighted by Gasteiger charge is -2.17. The molecule has 2 atom stereocenters. The zero-order valence-electron chi connectivity index (χ0n) is 10.5. The first kappa shape index (κ1) is 14.2. The van der Waals surface area contributed by atoms with Gasteiger partial charge in [-0.05, 0) is 37.1 Å². The minimum atomic E-state index is -0.191. The van der Waals surface area contributed by atoms with Gasteiger partial charge in [-0.2, -0.15) is 0 Å². The molecule has 0 aromatic heterocycles. The number of hydrogen-bond donors (Lipinski definition) is 2. The van der Waals surface area contributed by atoms with Gasteiger partial charge in [0.25, 0.3) is 0 Å². The summed E-state index contributed by atoms with van der Waals surface area (Å²) in [5, 5.41) is 2.93. The molecule has 0 heterocycles. The second-order valence-electron chi connectivity index (χ2n) is 4.29. The average molecular weight is 299 g/mol. The van der Waals surface area contributed by atoms with E-state index >= 15 is 0 Å². The number of carbonyl (C=O) groups excluding carboxylic acids is 1. The van der Waals surface area contributed by atoms with Crippen molar-refractivity contribution in [1.82, 2.24) is 0 Å². The predicted molar refractivity (Wildman–Crippen MR) is 75.0 cm³/mol. The second kappa shape index (κ2) is 6.17. The second-order valence-corrected chi connectivity index (χ2v) is 5.21. The van der Waals surface area contributed by atoms with Crippen molar-refractivity contribution in [1.29, 1.82) is 0 Å². The molecule has 1 aromatic carbocycles. The van der Waals surface area contributed by atoms with Gasteiger partial charge in [0.2, 0.25) is 5.91 Å². The molecular formula is C13H19BrN2O. The predicted octanol–water partition coefficient (Wildman–Crippen LogP) is 2.93. The van der Waals surface area contributed by atoms with Crippen LogP contribution >= 0.6 is 15.9 Å². The van der Waals surface area contributed by atoms with Crippen molar-refractivity contribution in [2.45, 2.75) is 33.2 Å². The van der Waals surface area contributed by atoms with Crippen molar-refractivity contribution in [3.05, 3.63) is 28.2 Å². The van der Waals surface area contributed by atoms with Crippen molar-refractivity contribution in [3.63, 3.8) is 0 Å². The summed E-state index contributed by atoms with van der Waals surface area (Å²) in [6.45, 7) is 5.74. The molecule has 2 unspecified atom stereocenters. The molecule has 0 aliphatic carbocycles. The Morgan fingerprint density at radius 3 is 2.65 bits per heavy atom. The fourth-order valence-corrected chi connectivity index (χ4v) is 1.87. The Hall–Kier alpha value is -0.870. The van der Waals surface area contributed by atoms with Crippen molar-refractivity contribution in [2.75, 3.05) is 5.32 Å². The number of nitrogens with two attached hydrogens (primary N) is 1. The first-order valence-corrected chi connectivity index (χ1v) is 6.59. The van der Waals surface area contributed by atoms with Gasteiger partial charge in [0.05, 0.1) is 5.92 Å². The zero-order valence-corrected chi connectivity index (χ0v) is 12.0. The summed E-state index contributed by atoms with van der Waals surface area (Å²) in [4.78, 5) is 11.9. The largest absolute Gasteiger partial charge is 0.327 e. The number of hydrogen-bond acceptors (Lipinski definition) is 2. The van der Waals surface area contributed by atoms with Gasteiger partial charge in [-0.1, -0.05) is 29.8 Å². The highest BCUT2D eigenvalue weighted by molar-refractivity contribution is 9.10. The molecule has 0 bridgehead atoms. The summed E-state index contributed by atoms with van der Waals surface area (Å²) in [6, 6.07) is 5.71. The third kappa shape index (κ3) is 3.82. The van der Waals surface area contributed by atoms with Gasteiger partial charge in [-0.25, -0.2) is 0 Å². The molecule has 1 aromatic rings. The number of nitrogens with one attached hydrogen (secondary N) is 1. The number of anilines is 1. The maximum atomic E-state index is 11.9. The van der Waals surface area contributed by atoms with E-state index in [1.54, 1.807) is 0 Å². The molecule has 94 valence electrons. The van der Waals surface area contributed by atoms with Crippen LogP contribution in [0, 0.1) is 5.92 Å². The molecule has 3 nitrogen and oxygen atoms in total. The maximum Gasteiger partial charge on any atom is 0.228 e. The summed E-state index contributed by atoms with van der Waals surface area (Å²) < 4.78 is 1.02. The molecule has 0 aliphatic rings. The van der Waals surface area contributed by atoms with Gasteiger partial charge >= 0.3 is 0 Å². The quantitative estimate of drug-likeness (QED) is 0.898. The first-order chi connectivity index (χ1) is 7.95. The smallest absolute Gasteiger partial charge is 0.228 e. The van der Waals surface area contributed by atoms with Crippen LogP contribution in [0.1, 0.15) is 26.3 Å². The number of aryl methyl sites for hydroxylation is 1. The van der Waals surface area contributed by atoms with E-state index in [1.807, 2.05) is 32.0 Å². The summed E-state index contributed by atoms with van der Waals surface area (Å²) in [7, 11) is 0. The number of rotatable bonds is 4. The van der Waals surface area contributed by atoms with E-state index in [0.29, 0.717) is 0 Å². The lowest BCUT2D eigenvalue weighted by molar-refractivity contribution is -0.119. The highest BCUT2D eigenvalue weighted by atomic mass is 79.9. The van der Waals surface area contributed by atoms with E-state index in [2.05, 4.69) is 28.2 Å². The number of carbonyl (C=O) groups is 1. The van der Waals surface area contributed by atoms with Gasteiger partial charge in [0.15, 0.2) is 0 Å². The van der Waals surface area contributed by atoms with Crippen molar-refractivity contribution in [3.8, 4) is 0 Å². The number of amides is 1. The molecule has 1 amide bonds. The van der Waals surface area contributed by atoms with Crippen LogP contribution in [0.15, 0.2) is 22.7 Å². The molecule has 0 fully saturated rings. The van der Waals surface area contributed by atoms with Gasteiger partial charge in [-0.15, -0.1) is 0 Å². The molecule has 0 saturated heterocycles. The molecule has 0 spiro atoms. The van der Waals surface area contributed by atoms with Crippen LogP contribution in [0.4, 0.5) is 5.69 Å². The number of benzene rings is 1. The maximum absolute atomic E-state index is 11.9. The van der Waals surface area contributed by atoms with Gasteiger partial charge < -0.3 is 11.1 Å². The third-order valence-corrected chi connectivity index (χ3v) is 3.40. The SMILES string of the molecule is CCc1cc(Br)ccc1NC(=O)C(C)C(C)N. The van der Waals surface area contributed by atoms with Gasteiger partial charge in [0, 0.05) is 16.2 Å². The van der Waals surface area contributed by atoms with Crippen LogP contribution in [-0.2, 0) is 11.2 Å². The highest BCUT2D eigenvalue weighted by Crippen LogP contribution is 2.22. The Kier molecular flexibility index (Phi) is 5.15. The van der Waals surface area contributed by atoms with Crippen LogP contribution in [-0.4, -0.2) is 11.9 Å². The van der Waals surface area contributed by atoms with Crippen LogP contribution < -0.4 is 11.1 Å². The highest BCUT2D eigenvalue weighted by Gasteiger charge is 2.17. The Labute approximate surface area is 111 Å². The Balaban J connectivity index is 2.84. The van der Waals surface area contributed by atoms with Crippen LogP contribution in [0.3, 0.4) is 0 Å². The molecule has 3 N–H and O–H groups in total.